The Morgan fingerprint density at radius 1 is 1.14 bits per heavy atom. The minimum Gasteiger partial charge on any atom is -0.464 e. The molecular weight excluding hydrogens is 280 g/mol. The molecule has 1 saturated heterocycles. The molecule has 3 aromatic rings. The van der Waals surface area contributed by atoms with Crippen molar-refractivity contribution in [3.05, 3.63) is 42.9 Å². The zero-order chi connectivity index (χ0) is 14.9. The Bertz CT molecular complexity index is 826. The van der Waals surface area contributed by atoms with Crippen LogP contribution in [-0.2, 0) is 4.79 Å². The summed E-state index contributed by atoms with van der Waals surface area (Å²) in [6, 6.07) is 7.90. The maximum Gasteiger partial charge on any atom is 0.239 e. The number of carbonyl (C=O) groups excluding carboxylic acids is 1. The number of aromatic nitrogens is 2. The van der Waals surface area contributed by atoms with Crippen molar-refractivity contribution in [1.29, 1.82) is 0 Å². The Hall–Kier alpha value is -2.89. The highest BCUT2D eigenvalue weighted by Crippen LogP contribution is 2.24. The topological polar surface area (TPSA) is 71.3 Å². The van der Waals surface area contributed by atoms with E-state index in [2.05, 4.69) is 15.3 Å². The van der Waals surface area contributed by atoms with E-state index in [1.54, 1.807) is 18.7 Å². The monoisotopic (exact) mass is 294 g/mol. The van der Waals surface area contributed by atoms with E-state index >= 15 is 0 Å². The molecule has 6 heteroatoms. The van der Waals surface area contributed by atoms with Gasteiger partial charge >= 0.3 is 0 Å². The van der Waals surface area contributed by atoms with Crippen LogP contribution in [0.25, 0.3) is 22.1 Å². The van der Waals surface area contributed by atoms with Crippen LogP contribution in [0.5, 0.6) is 0 Å². The molecule has 3 heterocycles. The van der Waals surface area contributed by atoms with Crippen molar-refractivity contribution in [2.45, 2.75) is 0 Å². The van der Waals surface area contributed by atoms with Gasteiger partial charge in [0.1, 0.15) is 5.58 Å². The van der Waals surface area contributed by atoms with Crippen molar-refractivity contribution in [2.24, 2.45) is 0 Å². The first-order chi connectivity index (χ1) is 10.8. The van der Waals surface area contributed by atoms with Gasteiger partial charge in [0.25, 0.3) is 0 Å². The molecule has 1 aromatic carbocycles. The highest BCUT2D eigenvalue weighted by Gasteiger charge is 2.18. The lowest BCUT2D eigenvalue weighted by atomic mass is 10.1. The molecule has 0 unspecified atom stereocenters. The summed E-state index contributed by atoms with van der Waals surface area (Å²) in [6.07, 6.45) is 5.25. The van der Waals surface area contributed by atoms with Gasteiger partial charge in [0.15, 0.2) is 0 Å². The van der Waals surface area contributed by atoms with E-state index in [1.807, 2.05) is 29.2 Å². The average Bonchev–Trinajstić information content (AvgIpc) is 3.02. The van der Waals surface area contributed by atoms with Gasteiger partial charge in [-0.2, -0.15) is 0 Å². The van der Waals surface area contributed by atoms with Gasteiger partial charge in [-0.3, -0.25) is 4.79 Å². The molecular formula is C16H14N4O2. The minimum absolute atomic E-state index is 0.00401. The van der Waals surface area contributed by atoms with Gasteiger partial charge in [0, 0.05) is 36.4 Å². The third-order valence-electron chi connectivity index (χ3n) is 3.75. The first-order valence-corrected chi connectivity index (χ1v) is 7.11. The highest BCUT2D eigenvalue weighted by molar-refractivity contribution is 5.83. The van der Waals surface area contributed by atoms with Gasteiger partial charge in [-0.1, -0.05) is 6.07 Å². The van der Waals surface area contributed by atoms with E-state index < -0.39 is 0 Å². The number of fused-ring (bicyclic) bond motifs is 1. The quantitative estimate of drug-likeness (QED) is 0.780. The Morgan fingerprint density at radius 3 is 2.82 bits per heavy atom. The molecule has 22 heavy (non-hydrogen) atoms. The first kappa shape index (κ1) is 12.8. The normalized spacial score (nSPS) is 15.1. The molecule has 1 aliphatic heterocycles. The largest absolute Gasteiger partial charge is 0.464 e. The van der Waals surface area contributed by atoms with Crippen molar-refractivity contribution in [2.75, 3.05) is 24.5 Å². The van der Waals surface area contributed by atoms with Crippen LogP contribution in [0.1, 0.15) is 0 Å². The molecule has 1 amide bonds. The fourth-order valence-corrected chi connectivity index (χ4v) is 2.59. The van der Waals surface area contributed by atoms with E-state index in [0.29, 0.717) is 19.0 Å². The van der Waals surface area contributed by atoms with Crippen LogP contribution in [0.4, 0.5) is 5.95 Å². The van der Waals surface area contributed by atoms with Crippen LogP contribution in [0.15, 0.2) is 47.3 Å². The van der Waals surface area contributed by atoms with Crippen molar-refractivity contribution < 1.29 is 9.21 Å². The van der Waals surface area contributed by atoms with Gasteiger partial charge in [0.05, 0.1) is 12.8 Å². The molecule has 1 aliphatic rings. The molecule has 1 N–H and O–H groups in total. The predicted octanol–water partition coefficient (Wildman–Crippen LogP) is 1.83. The second kappa shape index (κ2) is 5.14. The molecule has 0 saturated carbocycles. The fourth-order valence-electron chi connectivity index (χ4n) is 2.59. The Kier molecular flexibility index (Phi) is 3.00. The smallest absolute Gasteiger partial charge is 0.239 e. The number of hydrogen-bond acceptors (Lipinski definition) is 5. The number of furan rings is 1. The number of piperazine rings is 1. The summed E-state index contributed by atoms with van der Waals surface area (Å²) in [5, 5.41) is 3.84. The summed E-state index contributed by atoms with van der Waals surface area (Å²) >= 11 is 0. The van der Waals surface area contributed by atoms with Crippen LogP contribution >= 0.6 is 0 Å². The lowest BCUT2D eigenvalue weighted by molar-refractivity contribution is -0.120. The number of anilines is 1. The summed E-state index contributed by atoms with van der Waals surface area (Å²) in [7, 11) is 0. The summed E-state index contributed by atoms with van der Waals surface area (Å²) in [4.78, 5) is 22.1. The van der Waals surface area contributed by atoms with E-state index in [0.717, 1.165) is 28.6 Å². The molecule has 4 rings (SSSR count). The third-order valence-corrected chi connectivity index (χ3v) is 3.75. The van der Waals surface area contributed by atoms with Crippen LogP contribution in [0, 0.1) is 0 Å². The second-order valence-corrected chi connectivity index (χ2v) is 5.22. The van der Waals surface area contributed by atoms with Gasteiger partial charge in [-0.15, -0.1) is 0 Å². The van der Waals surface area contributed by atoms with Gasteiger partial charge in [0.2, 0.25) is 11.9 Å². The Labute approximate surface area is 126 Å². The van der Waals surface area contributed by atoms with Crippen LogP contribution in [0.3, 0.4) is 0 Å². The van der Waals surface area contributed by atoms with Crippen LogP contribution < -0.4 is 10.2 Å². The fraction of sp³-hybridized carbons (Fsp3) is 0.188. The Morgan fingerprint density at radius 2 is 2.00 bits per heavy atom. The van der Waals surface area contributed by atoms with Crippen LogP contribution in [0.2, 0.25) is 0 Å². The molecule has 6 nitrogen and oxygen atoms in total. The summed E-state index contributed by atoms with van der Waals surface area (Å²) < 4.78 is 5.34. The Balaban J connectivity index is 1.62. The molecule has 0 spiro atoms. The summed E-state index contributed by atoms with van der Waals surface area (Å²) in [5.74, 6) is 0.590. The molecule has 0 radical (unpaired) electrons. The van der Waals surface area contributed by atoms with Gasteiger partial charge < -0.3 is 14.6 Å². The molecule has 2 aromatic heterocycles. The SMILES string of the molecule is O=C1CN(c2ncc(-c3ccc4occc4c3)cn2)CCN1. The number of carbonyl (C=O) groups is 1. The van der Waals surface area contributed by atoms with Gasteiger partial charge in [-0.25, -0.2) is 9.97 Å². The van der Waals surface area contributed by atoms with Crippen molar-refractivity contribution >= 4 is 22.8 Å². The predicted molar refractivity (Wildman–Crippen MR) is 82.5 cm³/mol. The maximum atomic E-state index is 11.4. The maximum absolute atomic E-state index is 11.4. The van der Waals surface area contributed by atoms with Crippen molar-refractivity contribution in [1.82, 2.24) is 15.3 Å². The number of nitrogens with zero attached hydrogens (tertiary/aromatic N) is 3. The standard InChI is InChI=1S/C16H14N4O2/c21-15-10-20(5-4-17-15)16-18-8-13(9-19-16)11-1-2-14-12(7-11)3-6-22-14/h1-3,6-9H,4-5,10H2,(H,17,21). The summed E-state index contributed by atoms with van der Waals surface area (Å²) in [6.45, 7) is 1.66. The lowest BCUT2D eigenvalue weighted by Crippen LogP contribution is -2.48. The van der Waals surface area contributed by atoms with Gasteiger partial charge in [-0.05, 0) is 23.8 Å². The van der Waals surface area contributed by atoms with E-state index in [1.165, 1.54) is 0 Å². The number of hydrogen-bond donors (Lipinski definition) is 1. The molecule has 110 valence electrons. The van der Waals surface area contributed by atoms with E-state index in [4.69, 9.17) is 4.42 Å². The zero-order valence-electron chi connectivity index (χ0n) is 11.8. The second-order valence-electron chi connectivity index (χ2n) is 5.22. The summed E-state index contributed by atoms with van der Waals surface area (Å²) in [5.41, 5.74) is 2.84. The number of amides is 1. The molecule has 1 fully saturated rings. The molecule has 0 aliphatic carbocycles. The number of benzene rings is 1. The zero-order valence-corrected chi connectivity index (χ0v) is 11.8. The van der Waals surface area contributed by atoms with E-state index in [9.17, 15) is 4.79 Å². The number of nitrogens with one attached hydrogen (secondary N) is 1. The lowest BCUT2D eigenvalue weighted by Gasteiger charge is -2.26. The van der Waals surface area contributed by atoms with Crippen LogP contribution in [-0.4, -0.2) is 35.5 Å². The number of rotatable bonds is 2. The first-order valence-electron chi connectivity index (χ1n) is 7.11. The average molecular weight is 294 g/mol. The van der Waals surface area contributed by atoms with E-state index in [-0.39, 0.29) is 5.91 Å². The van der Waals surface area contributed by atoms with Crippen molar-refractivity contribution in [3.8, 4) is 11.1 Å². The molecule has 0 bridgehead atoms. The molecule has 0 atom stereocenters. The minimum atomic E-state index is 0.00401. The van der Waals surface area contributed by atoms with Crippen molar-refractivity contribution in [3.63, 3.8) is 0 Å². The third kappa shape index (κ3) is 2.28. The highest BCUT2D eigenvalue weighted by atomic mass is 16.3.